The van der Waals surface area contributed by atoms with E-state index < -0.39 is 0 Å². The van der Waals surface area contributed by atoms with Crippen LogP contribution in [-0.2, 0) is 19.1 Å². The van der Waals surface area contributed by atoms with Crippen molar-refractivity contribution in [1.29, 1.82) is 0 Å². The smallest absolute Gasteiger partial charge is 0.202 e. The summed E-state index contributed by atoms with van der Waals surface area (Å²) in [6.07, 6.45) is 6.52. The number of rotatable bonds is 9. The van der Waals surface area contributed by atoms with E-state index in [1.54, 1.807) is 4.90 Å². The highest BCUT2D eigenvalue weighted by molar-refractivity contribution is 6.16. The topological polar surface area (TPSA) is 55.8 Å². The Labute approximate surface area is 112 Å². The third-order valence-electron chi connectivity index (χ3n) is 2.46. The second-order valence-electron chi connectivity index (χ2n) is 3.69. The van der Waals surface area contributed by atoms with E-state index in [9.17, 15) is 9.59 Å². The summed E-state index contributed by atoms with van der Waals surface area (Å²) in [4.78, 5) is 24.9. The number of hydrogen-bond acceptors (Lipinski definition) is 5. The minimum absolute atomic E-state index is 0.197. The van der Waals surface area contributed by atoms with Crippen molar-refractivity contribution < 1.29 is 19.1 Å². The fraction of sp³-hybridized carbons (Fsp3) is 0.286. The first-order valence-corrected chi connectivity index (χ1v) is 5.87. The molecule has 1 aliphatic rings. The average molecular weight is 263 g/mol. The molecular formula is C14H17NO4. The van der Waals surface area contributed by atoms with Gasteiger partial charge in [-0.25, -0.2) is 0 Å². The van der Waals surface area contributed by atoms with Gasteiger partial charge in [-0.15, -0.1) is 0 Å². The number of carbonyl (C=O) groups is 2. The Bertz CT molecular complexity index is 409. The summed E-state index contributed by atoms with van der Waals surface area (Å²) >= 11 is 0. The molecule has 0 aromatic heterocycles. The summed E-state index contributed by atoms with van der Waals surface area (Å²) < 4.78 is 10.1. The van der Waals surface area contributed by atoms with Crippen LogP contribution in [0.2, 0.25) is 0 Å². The molecular weight excluding hydrogens is 246 g/mol. The van der Waals surface area contributed by atoms with Gasteiger partial charge in [0.25, 0.3) is 0 Å². The summed E-state index contributed by atoms with van der Waals surface area (Å²) in [5.41, 5.74) is 0.354. The molecule has 5 heteroatoms. The minimum atomic E-state index is -0.200. The number of carbonyl (C=O) groups excluding carboxylic acids is 2. The zero-order valence-corrected chi connectivity index (χ0v) is 10.7. The Hall–Kier alpha value is -2.30. The maximum absolute atomic E-state index is 11.8. The highest BCUT2D eigenvalue weighted by Gasteiger charge is 2.19. The first-order chi connectivity index (χ1) is 9.19. The van der Waals surface area contributed by atoms with E-state index in [0.717, 1.165) is 0 Å². The molecule has 0 N–H and O–H groups in total. The van der Waals surface area contributed by atoms with E-state index in [1.165, 1.54) is 30.8 Å². The molecule has 0 spiro atoms. The van der Waals surface area contributed by atoms with Gasteiger partial charge in [0.2, 0.25) is 5.78 Å². The predicted molar refractivity (Wildman–Crippen MR) is 71.1 cm³/mol. The SMILES string of the molecule is C=COCCN(CCOC=C)C1=CC(=O)C=CC1=O. The lowest BCUT2D eigenvalue weighted by atomic mass is 10.1. The minimum Gasteiger partial charge on any atom is -0.500 e. The third-order valence-corrected chi connectivity index (χ3v) is 2.46. The molecule has 5 nitrogen and oxygen atoms in total. The molecule has 19 heavy (non-hydrogen) atoms. The maximum Gasteiger partial charge on any atom is 0.202 e. The van der Waals surface area contributed by atoms with Crippen LogP contribution in [0.5, 0.6) is 0 Å². The number of ether oxygens (including phenoxy) is 2. The van der Waals surface area contributed by atoms with Gasteiger partial charge in [0, 0.05) is 6.08 Å². The highest BCUT2D eigenvalue weighted by atomic mass is 16.5. The van der Waals surface area contributed by atoms with Crippen molar-refractivity contribution in [2.75, 3.05) is 26.3 Å². The molecule has 0 bridgehead atoms. The van der Waals surface area contributed by atoms with Gasteiger partial charge in [-0.05, 0) is 12.2 Å². The molecule has 1 aliphatic carbocycles. The van der Waals surface area contributed by atoms with Crippen LogP contribution >= 0.6 is 0 Å². The zero-order valence-electron chi connectivity index (χ0n) is 10.7. The molecule has 102 valence electrons. The van der Waals surface area contributed by atoms with E-state index in [2.05, 4.69) is 13.2 Å². The van der Waals surface area contributed by atoms with E-state index >= 15 is 0 Å². The lowest BCUT2D eigenvalue weighted by molar-refractivity contribution is -0.115. The normalized spacial score (nSPS) is 13.8. The molecule has 0 aromatic rings. The van der Waals surface area contributed by atoms with Crippen LogP contribution in [0.1, 0.15) is 0 Å². The largest absolute Gasteiger partial charge is 0.500 e. The van der Waals surface area contributed by atoms with E-state index in [1.807, 2.05) is 0 Å². The van der Waals surface area contributed by atoms with Gasteiger partial charge in [-0.1, -0.05) is 13.2 Å². The van der Waals surface area contributed by atoms with Crippen LogP contribution in [0.3, 0.4) is 0 Å². The molecule has 0 unspecified atom stereocenters. The number of nitrogens with zero attached hydrogens (tertiary/aromatic N) is 1. The van der Waals surface area contributed by atoms with Crippen molar-refractivity contribution in [3.05, 3.63) is 49.6 Å². The molecule has 0 saturated carbocycles. The Balaban J connectivity index is 2.69. The quantitative estimate of drug-likeness (QED) is 0.355. The van der Waals surface area contributed by atoms with Crippen molar-refractivity contribution in [3.63, 3.8) is 0 Å². The highest BCUT2D eigenvalue weighted by Crippen LogP contribution is 2.11. The Kier molecular flexibility index (Phi) is 6.15. The Morgan fingerprint density at radius 1 is 1.05 bits per heavy atom. The lowest BCUT2D eigenvalue weighted by Gasteiger charge is -2.26. The summed E-state index contributed by atoms with van der Waals surface area (Å²) in [5.74, 6) is -0.398. The number of ketones is 2. The molecule has 1 rings (SSSR count). The summed E-state index contributed by atoms with van der Waals surface area (Å²) in [5, 5.41) is 0. The summed E-state index contributed by atoms with van der Waals surface area (Å²) in [7, 11) is 0. The Morgan fingerprint density at radius 3 is 2.16 bits per heavy atom. The van der Waals surface area contributed by atoms with Gasteiger partial charge < -0.3 is 14.4 Å². The molecule has 0 aliphatic heterocycles. The van der Waals surface area contributed by atoms with Crippen molar-refractivity contribution >= 4 is 11.6 Å². The van der Waals surface area contributed by atoms with Crippen molar-refractivity contribution in [1.82, 2.24) is 4.90 Å². The third kappa shape index (κ3) is 4.83. The van der Waals surface area contributed by atoms with E-state index in [4.69, 9.17) is 9.47 Å². The maximum atomic E-state index is 11.8. The van der Waals surface area contributed by atoms with Gasteiger partial charge in [-0.2, -0.15) is 0 Å². The number of hydrogen-bond donors (Lipinski definition) is 0. The van der Waals surface area contributed by atoms with E-state index in [-0.39, 0.29) is 11.6 Å². The fourth-order valence-electron chi connectivity index (χ4n) is 1.59. The summed E-state index contributed by atoms with van der Waals surface area (Å²) in [6, 6.07) is 0. The average Bonchev–Trinajstić information content (AvgIpc) is 2.40. The number of allylic oxidation sites excluding steroid dienone is 3. The van der Waals surface area contributed by atoms with Gasteiger partial charge in [0.1, 0.15) is 13.2 Å². The Morgan fingerprint density at radius 2 is 1.63 bits per heavy atom. The first-order valence-electron chi connectivity index (χ1n) is 5.87. The monoisotopic (exact) mass is 263 g/mol. The standard InChI is InChI=1S/C14H17NO4/c1-3-18-9-7-15(8-10-19-4-2)13-11-12(16)5-6-14(13)17/h3-6,11H,1-2,7-10H2. The molecule has 0 saturated heterocycles. The van der Waals surface area contributed by atoms with Crippen LogP contribution in [0.15, 0.2) is 49.6 Å². The molecule has 0 radical (unpaired) electrons. The molecule has 0 amide bonds. The van der Waals surface area contributed by atoms with Crippen LogP contribution in [-0.4, -0.2) is 42.8 Å². The second kappa shape index (κ2) is 7.92. The van der Waals surface area contributed by atoms with Crippen molar-refractivity contribution in [2.24, 2.45) is 0 Å². The van der Waals surface area contributed by atoms with Crippen molar-refractivity contribution in [3.8, 4) is 0 Å². The van der Waals surface area contributed by atoms with Gasteiger partial charge in [-0.3, -0.25) is 9.59 Å². The van der Waals surface area contributed by atoms with Crippen LogP contribution in [0.25, 0.3) is 0 Å². The van der Waals surface area contributed by atoms with Crippen LogP contribution in [0.4, 0.5) is 0 Å². The predicted octanol–water partition coefficient (Wildman–Crippen LogP) is 1.20. The van der Waals surface area contributed by atoms with Crippen LogP contribution in [0, 0.1) is 0 Å². The summed E-state index contributed by atoms with van der Waals surface area (Å²) in [6.45, 7) is 8.57. The molecule has 0 atom stereocenters. The van der Waals surface area contributed by atoms with Crippen LogP contribution < -0.4 is 0 Å². The van der Waals surface area contributed by atoms with Crippen molar-refractivity contribution in [2.45, 2.75) is 0 Å². The molecule has 0 aromatic carbocycles. The van der Waals surface area contributed by atoms with Gasteiger partial charge in [0.05, 0.1) is 31.3 Å². The second-order valence-corrected chi connectivity index (χ2v) is 3.69. The zero-order chi connectivity index (χ0) is 14.1. The molecule has 0 heterocycles. The van der Waals surface area contributed by atoms with Gasteiger partial charge >= 0.3 is 0 Å². The lowest BCUT2D eigenvalue weighted by Crippen LogP contribution is -2.34. The van der Waals surface area contributed by atoms with E-state index in [0.29, 0.717) is 32.0 Å². The fourth-order valence-corrected chi connectivity index (χ4v) is 1.59. The first kappa shape index (κ1) is 14.8. The van der Waals surface area contributed by atoms with Gasteiger partial charge in [0.15, 0.2) is 5.78 Å². The molecule has 0 fully saturated rings.